The van der Waals surface area contributed by atoms with Gasteiger partial charge in [0.1, 0.15) is 0 Å². The van der Waals surface area contributed by atoms with E-state index >= 15 is 0 Å². The maximum absolute atomic E-state index is 2.39. The molecule has 2 heteroatoms. The molecule has 0 bridgehead atoms. The fourth-order valence-electron chi connectivity index (χ4n) is 7.40. The Morgan fingerprint density at radius 3 is 1.00 bits per heavy atom. The van der Waals surface area contributed by atoms with E-state index in [0.29, 0.717) is 0 Å². The van der Waals surface area contributed by atoms with Gasteiger partial charge in [-0.3, -0.25) is 0 Å². The highest BCUT2D eigenvalue weighted by atomic mass is 15.0. The monoisotopic (exact) mass is 664 g/mol. The van der Waals surface area contributed by atoms with Gasteiger partial charge in [-0.2, -0.15) is 0 Å². The number of hydrogen-bond donors (Lipinski definition) is 0. The third-order valence-corrected chi connectivity index (χ3v) is 9.77. The molecule has 9 rings (SSSR count). The molecule has 0 unspecified atom stereocenters. The van der Waals surface area contributed by atoms with Gasteiger partial charge in [0.15, 0.2) is 0 Å². The second kappa shape index (κ2) is 13.8. The number of para-hydroxylation sites is 4. The average molecular weight is 665 g/mol. The smallest absolute Gasteiger partial charge is 0.0613 e. The zero-order valence-electron chi connectivity index (χ0n) is 28.7. The van der Waals surface area contributed by atoms with E-state index in [1.165, 1.54) is 55.4 Å². The first-order chi connectivity index (χ1) is 25.8. The van der Waals surface area contributed by atoms with Gasteiger partial charge in [0.05, 0.1) is 22.4 Å². The van der Waals surface area contributed by atoms with Crippen LogP contribution < -0.4 is 0 Å². The molecule has 52 heavy (non-hydrogen) atoms. The summed E-state index contributed by atoms with van der Waals surface area (Å²) in [5.74, 6) is 0. The molecule has 0 saturated carbocycles. The van der Waals surface area contributed by atoms with Gasteiger partial charge in [-0.25, -0.2) is 0 Å². The van der Waals surface area contributed by atoms with Crippen molar-refractivity contribution in [2.75, 3.05) is 0 Å². The molecular formula is C50H36N2. The quantitative estimate of drug-likeness (QED) is 0.153. The lowest BCUT2D eigenvalue weighted by Crippen LogP contribution is -1.97. The van der Waals surface area contributed by atoms with Gasteiger partial charge >= 0.3 is 0 Å². The number of fused-ring (bicyclic) bond motifs is 2. The van der Waals surface area contributed by atoms with Crippen molar-refractivity contribution >= 4 is 46.1 Å². The molecule has 2 aromatic heterocycles. The average Bonchev–Trinajstić information content (AvgIpc) is 3.74. The maximum Gasteiger partial charge on any atom is 0.0613 e. The largest absolute Gasteiger partial charge is 0.309 e. The van der Waals surface area contributed by atoms with E-state index in [1.54, 1.807) is 0 Å². The summed E-state index contributed by atoms with van der Waals surface area (Å²) in [6.07, 6.45) is 9.02. The van der Waals surface area contributed by atoms with Crippen molar-refractivity contribution in [2.45, 2.75) is 0 Å². The maximum atomic E-state index is 2.39. The molecule has 0 aliphatic rings. The first kappa shape index (κ1) is 31.1. The van der Waals surface area contributed by atoms with Crippen LogP contribution in [-0.2, 0) is 0 Å². The lowest BCUT2D eigenvalue weighted by molar-refractivity contribution is 1.13. The lowest BCUT2D eigenvalue weighted by atomic mass is 10.0. The molecule has 7 aromatic carbocycles. The summed E-state index contributed by atoms with van der Waals surface area (Å²) in [4.78, 5) is 0. The zero-order valence-corrected chi connectivity index (χ0v) is 28.7. The Balaban J connectivity index is 1.10. The van der Waals surface area contributed by atoms with E-state index in [0.717, 1.165) is 22.5 Å². The van der Waals surface area contributed by atoms with Gasteiger partial charge in [0.2, 0.25) is 0 Å². The summed E-state index contributed by atoms with van der Waals surface area (Å²) < 4.78 is 4.77. The van der Waals surface area contributed by atoms with Crippen LogP contribution in [-0.4, -0.2) is 9.13 Å². The summed E-state index contributed by atoms with van der Waals surface area (Å²) in [6.45, 7) is 0. The highest BCUT2D eigenvalue weighted by molar-refractivity contribution is 6.02. The van der Waals surface area contributed by atoms with Crippen LogP contribution in [0.4, 0.5) is 0 Å². The first-order valence-corrected chi connectivity index (χ1v) is 17.8. The van der Waals surface area contributed by atoms with E-state index in [4.69, 9.17) is 0 Å². The van der Waals surface area contributed by atoms with Crippen molar-refractivity contribution in [3.8, 4) is 33.9 Å². The molecular weight excluding hydrogens is 629 g/mol. The SMILES string of the molecule is C(=C\c1c(-c2ccccc2)n(-c2ccccc2)c2ccccc12)/c1ccc(/C=C/c2c(-c3ccccc3)n(-c3ccccc3)c3ccccc23)cc1. The Kier molecular flexibility index (Phi) is 8.24. The van der Waals surface area contributed by atoms with Gasteiger partial charge in [-0.15, -0.1) is 0 Å². The highest BCUT2D eigenvalue weighted by Gasteiger charge is 2.19. The molecule has 0 aliphatic carbocycles. The number of hydrogen-bond acceptors (Lipinski definition) is 0. The number of rotatable bonds is 8. The van der Waals surface area contributed by atoms with Gasteiger partial charge in [0, 0.05) is 33.3 Å². The molecule has 9 aromatic rings. The Bertz CT molecular complexity index is 2490. The van der Waals surface area contributed by atoms with Crippen molar-refractivity contribution in [3.63, 3.8) is 0 Å². The van der Waals surface area contributed by atoms with Crippen molar-refractivity contribution in [1.82, 2.24) is 9.13 Å². The summed E-state index contributed by atoms with van der Waals surface area (Å²) in [5, 5.41) is 2.45. The van der Waals surface area contributed by atoms with Crippen LogP contribution in [0.25, 0.3) is 80.0 Å². The summed E-state index contributed by atoms with van der Waals surface area (Å²) in [5.41, 5.74) is 14.1. The van der Waals surface area contributed by atoms with Gasteiger partial charge < -0.3 is 9.13 Å². The van der Waals surface area contributed by atoms with Crippen molar-refractivity contribution in [3.05, 3.63) is 216 Å². The minimum Gasteiger partial charge on any atom is -0.309 e. The van der Waals surface area contributed by atoms with Crippen LogP contribution in [0.15, 0.2) is 194 Å². The van der Waals surface area contributed by atoms with Crippen LogP contribution in [0.3, 0.4) is 0 Å². The fraction of sp³-hybridized carbons (Fsp3) is 0. The molecule has 0 radical (unpaired) electrons. The summed E-state index contributed by atoms with van der Waals surface area (Å²) >= 11 is 0. The molecule has 0 saturated heterocycles. The van der Waals surface area contributed by atoms with Crippen molar-refractivity contribution in [1.29, 1.82) is 0 Å². The Hall–Kier alpha value is -6.90. The van der Waals surface area contributed by atoms with E-state index in [9.17, 15) is 0 Å². The van der Waals surface area contributed by atoms with Gasteiger partial charge in [-0.05, 0) is 58.7 Å². The molecule has 0 N–H and O–H groups in total. The standard InChI is InChI=1S/C50H36N2/c1-5-17-39(18-6-1)49-45(43-25-13-15-27-47(43)51(49)41-21-9-3-10-22-41)35-33-37-29-31-38(32-30-37)34-36-46-44-26-14-16-28-48(44)52(42-23-11-4-12-24-42)50(46)40-19-7-2-8-20-40/h1-36H/b35-33+,36-34+. The predicted octanol–water partition coefficient (Wildman–Crippen LogP) is 13.2. The molecule has 246 valence electrons. The lowest BCUT2D eigenvalue weighted by Gasteiger charge is -2.12. The minimum atomic E-state index is 1.15. The Morgan fingerprint density at radius 2 is 0.615 bits per heavy atom. The summed E-state index contributed by atoms with van der Waals surface area (Å²) in [6, 6.07) is 68.9. The second-order valence-corrected chi connectivity index (χ2v) is 13.0. The van der Waals surface area contributed by atoms with E-state index in [2.05, 4.69) is 228 Å². The Labute approximate surface area is 304 Å². The van der Waals surface area contributed by atoms with Crippen LogP contribution in [0.2, 0.25) is 0 Å². The first-order valence-electron chi connectivity index (χ1n) is 17.8. The number of nitrogens with zero attached hydrogens (tertiary/aromatic N) is 2. The zero-order chi connectivity index (χ0) is 34.7. The molecule has 0 spiro atoms. The van der Waals surface area contributed by atoms with Crippen molar-refractivity contribution in [2.24, 2.45) is 0 Å². The third-order valence-electron chi connectivity index (χ3n) is 9.77. The fourth-order valence-corrected chi connectivity index (χ4v) is 7.40. The van der Waals surface area contributed by atoms with Crippen LogP contribution >= 0.6 is 0 Å². The van der Waals surface area contributed by atoms with E-state index in [1.807, 2.05) is 0 Å². The van der Waals surface area contributed by atoms with Crippen LogP contribution in [0, 0.1) is 0 Å². The van der Waals surface area contributed by atoms with Crippen LogP contribution in [0.1, 0.15) is 22.3 Å². The van der Waals surface area contributed by atoms with E-state index in [-0.39, 0.29) is 0 Å². The summed E-state index contributed by atoms with van der Waals surface area (Å²) in [7, 11) is 0. The molecule has 0 aliphatic heterocycles. The molecule has 2 nitrogen and oxygen atoms in total. The topological polar surface area (TPSA) is 9.86 Å². The predicted molar refractivity (Wildman–Crippen MR) is 222 cm³/mol. The van der Waals surface area contributed by atoms with Gasteiger partial charge in [0.25, 0.3) is 0 Å². The molecule has 0 fully saturated rings. The van der Waals surface area contributed by atoms with Gasteiger partial charge in [-0.1, -0.05) is 182 Å². The third kappa shape index (κ3) is 5.77. The Morgan fingerprint density at radius 1 is 0.288 bits per heavy atom. The normalized spacial score (nSPS) is 11.7. The minimum absolute atomic E-state index is 1.15. The molecule has 2 heterocycles. The van der Waals surface area contributed by atoms with E-state index < -0.39 is 0 Å². The number of aromatic nitrogens is 2. The number of benzene rings is 7. The van der Waals surface area contributed by atoms with Crippen molar-refractivity contribution < 1.29 is 0 Å². The van der Waals surface area contributed by atoms with Crippen LogP contribution in [0.5, 0.6) is 0 Å². The molecule has 0 amide bonds. The molecule has 0 atom stereocenters. The highest BCUT2D eigenvalue weighted by Crippen LogP contribution is 2.39. The second-order valence-electron chi connectivity index (χ2n) is 13.0.